The minimum absolute atomic E-state index is 0.466. The molecule has 3 N–H and O–H groups in total. The Bertz CT molecular complexity index is 345. The van der Waals surface area contributed by atoms with Crippen molar-refractivity contribution in [2.75, 3.05) is 6.61 Å². The number of rotatable bonds is 4. The van der Waals surface area contributed by atoms with Gasteiger partial charge in [-0.05, 0) is 31.2 Å². The molecule has 0 atom stereocenters. The lowest BCUT2D eigenvalue weighted by atomic mass is 10.2. The molecule has 15 heavy (non-hydrogen) atoms. The molecule has 0 aliphatic heterocycles. The molecule has 0 radical (unpaired) electrons. The smallest absolute Gasteiger partial charge is 0.173 e. The highest BCUT2D eigenvalue weighted by Crippen LogP contribution is 2.11. The average Bonchev–Trinajstić information content (AvgIpc) is 2.28. The number of nitrogens with zero attached hydrogens (tertiary/aromatic N) is 2. The van der Waals surface area contributed by atoms with Crippen LogP contribution in [0.2, 0.25) is 0 Å². The van der Waals surface area contributed by atoms with E-state index in [-0.39, 0.29) is 0 Å². The van der Waals surface area contributed by atoms with Crippen LogP contribution in [0.1, 0.15) is 12.5 Å². The Morgan fingerprint density at radius 3 is 2.60 bits per heavy atom. The van der Waals surface area contributed by atoms with Crippen molar-refractivity contribution < 1.29 is 4.74 Å². The van der Waals surface area contributed by atoms with Gasteiger partial charge >= 0.3 is 0 Å². The van der Waals surface area contributed by atoms with Crippen LogP contribution in [0.4, 0.5) is 0 Å². The summed E-state index contributed by atoms with van der Waals surface area (Å²) in [6.07, 6.45) is 0. The van der Waals surface area contributed by atoms with Gasteiger partial charge in [0.2, 0.25) is 0 Å². The summed E-state index contributed by atoms with van der Waals surface area (Å²) in [6, 6.07) is 7.37. The number of nitrogens with one attached hydrogen (secondary N) is 1. The molecular weight excluding hydrogens is 192 g/mol. The van der Waals surface area contributed by atoms with Gasteiger partial charge in [-0.25, -0.2) is 0 Å². The highest BCUT2D eigenvalue weighted by molar-refractivity contribution is 5.98. The minimum atomic E-state index is 0.466. The van der Waals surface area contributed by atoms with Crippen molar-refractivity contribution in [2.24, 2.45) is 16.0 Å². The number of amidine groups is 1. The molecule has 0 fully saturated rings. The summed E-state index contributed by atoms with van der Waals surface area (Å²) >= 11 is 0. The van der Waals surface area contributed by atoms with Gasteiger partial charge < -0.3 is 10.6 Å². The first-order chi connectivity index (χ1) is 7.31. The molecule has 80 valence electrons. The van der Waals surface area contributed by atoms with Gasteiger partial charge in [0.05, 0.1) is 6.61 Å². The lowest BCUT2D eigenvalue weighted by Gasteiger charge is -2.06. The SMILES string of the molecule is C=NNC(=NN)c1ccc(OCC)cc1. The maximum atomic E-state index is 5.31. The molecule has 5 nitrogen and oxygen atoms in total. The number of hydrazone groups is 2. The largest absolute Gasteiger partial charge is 0.494 e. The van der Waals surface area contributed by atoms with Crippen molar-refractivity contribution >= 4 is 12.6 Å². The molecular formula is C10H14N4O. The second-order valence-electron chi connectivity index (χ2n) is 2.71. The maximum absolute atomic E-state index is 5.31. The van der Waals surface area contributed by atoms with Crippen molar-refractivity contribution in [1.82, 2.24) is 5.43 Å². The van der Waals surface area contributed by atoms with Crippen LogP contribution >= 0.6 is 0 Å². The van der Waals surface area contributed by atoms with Gasteiger partial charge in [0.25, 0.3) is 0 Å². The van der Waals surface area contributed by atoms with Gasteiger partial charge in [-0.2, -0.15) is 10.2 Å². The second kappa shape index (κ2) is 5.64. The third kappa shape index (κ3) is 2.98. The number of ether oxygens (including phenoxy) is 1. The predicted molar refractivity (Wildman–Crippen MR) is 61.0 cm³/mol. The molecule has 0 bridgehead atoms. The number of hydrogen-bond acceptors (Lipinski definition) is 4. The molecule has 0 saturated heterocycles. The van der Waals surface area contributed by atoms with Gasteiger partial charge in [0.1, 0.15) is 5.75 Å². The molecule has 0 unspecified atom stereocenters. The minimum Gasteiger partial charge on any atom is -0.494 e. The van der Waals surface area contributed by atoms with E-state index in [1.54, 1.807) is 0 Å². The van der Waals surface area contributed by atoms with Crippen molar-refractivity contribution in [3.8, 4) is 5.75 Å². The molecule has 1 aromatic carbocycles. The highest BCUT2D eigenvalue weighted by atomic mass is 16.5. The first kappa shape index (κ1) is 11.0. The Hall–Kier alpha value is -2.04. The molecule has 0 amide bonds. The summed E-state index contributed by atoms with van der Waals surface area (Å²) in [5.41, 5.74) is 3.43. The third-order valence-electron chi connectivity index (χ3n) is 1.75. The number of hydrogen-bond donors (Lipinski definition) is 2. The molecule has 0 aliphatic carbocycles. The van der Waals surface area contributed by atoms with Crippen LogP contribution in [0.5, 0.6) is 5.75 Å². The Morgan fingerprint density at radius 1 is 1.47 bits per heavy atom. The van der Waals surface area contributed by atoms with Gasteiger partial charge in [0, 0.05) is 12.3 Å². The molecule has 0 spiro atoms. The monoisotopic (exact) mass is 206 g/mol. The fourth-order valence-electron chi connectivity index (χ4n) is 1.12. The van der Waals surface area contributed by atoms with Crippen LogP contribution < -0.4 is 16.0 Å². The summed E-state index contributed by atoms with van der Waals surface area (Å²) in [5.74, 6) is 6.47. The topological polar surface area (TPSA) is 72.0 Å². The lowest BCUT2D eigenvalue weighted by molar-refractivity contribution is 0.340. The third-order valence-corrected chi connectivity index (χ3v) is 1.75. The van der Waals surface area contributed by atoms with Gasteiger partial charge in [-0.15, -0.1) is 0 Å². The summed E-state index contributed by atoms with van der Waals surface area (Å²) in [6.45, 7) is 5.88. The second-order valence-corrected chi connectivity index (χ2v) is 2.71. The Labute approximate surface area is 88.6 Å². The molecule has 5 heteroatoms. The molecule has 0 saturated carbocycles. The Balaban J connectivity index is 2.82. The summed E-state index contributed by atoms with van der Waals surface area (Å²) < 4.78 is 5.31. The van der Waals surface area contributed by atoms with Crippen LogP contribution in [-0.2, 0) is 0 Å². The summed E-state index contributed by atoms with van der Waals surface area (Å²) in [5, 5.41) is 7.05. The quantitative estimate of drug-likeness (QED) is 0.333. The van der Waals surface area contributed by atoms with Crippen molar-refractivity contribution in [1.29, 1.82) is 0 Å². The van der Waals surface area contributed by atoms with Gasteiger partial charge in [0.15, 0.2) is 5.84 Å². The molecule has 1 rings (SSSR count). The zero-order chi connectivity index (χ0) is 11.1. The van der Waals surface area contributed by atoms with E-state index in [0.29, 0.717) is 12.4 Å². The predicted octanol–water partition coefficient (Wildman–Crippen LogP) is 0.911. The van der Waals surface area contributed by atoms with Crippen molar-refractivity contribution in [2.45, 2.75) is 6.92 Å². The maximum Gasteiger partial charge on any atom is 0.173 e. The zero-order valence-corrected chi connectivity index (χ0v) is 8.60. The van der Waals surface area contributed by atoms with Gasteiger partial charge in [-0.1, -0.05) is 0 Å². The van der Waals surface area contributed by atoms with Gasteiger partial charge in [-0.3, -0.25) is 5.43 Å². The zero-order valence-electron chi connectivity index (χ0n) is 8.60. The van der Waals surface area contributed by atoms with Crippen LogP contribution in [0.25, 0.3) is 0 Å². The van der Waals surface area contributed by atoms with E-state index in [0.717, 1.165) is 11.3 Å². The number of benzene rings is 1. The fraction of sp³-hybridized carbons (Fsp3) is 0.200. The first-order valence-electron chi connectivity index (χ1n) is 4.54. The molecule has 0 aliphatic rings. The first-order valence-corrected chi connectivity index (χ1v) is 4.54. The summed E-state index contributed by atoms with van der Waals surface area (Å²) in [4.78, 5) is 0. The Kier molecular flexibility index (Phi) is 4.15. The van der Waals surface area contributed by atoms with Crippen molar-refractivity contribution in [3.05, 3.63) is 29.8 Å². The number of nitrogens with two attached hydrogens (primary N) is 1. The van der Waals surface area contributed by atoms with Crippen LogP contribution in [0.3, 0.4) is 0 Å². The van der Waals surface area contributed by atoms with E-state index in [9.17, 15) is 0 Å². The fourth-order valence-corrected chi connectivity index (χ4v) is 1.12. The van der Waals surface area contributed by atoms with E-state index in [1.807, 2.05) is 31.2 Å². The van der Waals surface area contributed by atoms with Crippen molar-refractivity contribution in [3.63, 3.8) is 0 Å². The summed E-state index contributed by atoms with van der Waals surface area (Å²) in [7, 11) is 0. The van der Waals surface area contributed by atoms with E-state index in [4.69, 9.17) is 10.6 Å². The van der Waals surface area contributed by atoms with E-state index in [1.165, 1.54) is 0 Å². The molecule has 1 aromatic rings. The normalized spacial score (nSPS) is 10.9. The van der Waals surface area contributed by atoms with Crippen LogP contribution in [0.15, 0.2) is 34.5 Å². The molecule has 0 aromatic heterocycles. The highest BCUT2D eigenvalue weighted by Gasteiger charge is 2.01. The van der Waals surface area contributed by atoms with E-state index in [2.05, 4.69) is 22.3 Å². The lowest BCUT2D eigenvalue weighted by Crippen LogP contribution is -2.20. The standard InChI is InChI=1S/C10H14N4O/c1-3-15-9-6-4-8(5-7-9)10(13-11)14-12-2/h4-7H,2-3,11H2,1H3,(H,13,14). The van der Waals surface area contributed by atoms with E-state index < -0.39 is 0 Å². The molecule has 0 heterocycles. The van der Waals surface area contributed by atoms with Crippen LogP contribution in [-0.4, -0.2) is 19.2 Å². The van der Waals surface area contributed by atoms with Crippen LogP contribution in [0, 0.1) is 0 Å². The average molecular weight is 206 g/mol. The van der Waals surface area contributed by atoms with E-state index >= 15 is 0 Å². The Morgan fingerprint density at radius 2 is 2.13 bits per heavy atom.